The van der Waals surface area contributed by atoms with Gasteiger partial charge in [0.05, 0.1) is 5.02 Å². The van der Waals surface area contributed by atoms with Gasteiger partial charge < -0.3 is 14.8 Å². The molecule has 2 amide bonds. The normalized spacial score (nSPS) is 14.4. The lowest BCUT2D eigenvalue weighted by Gasteiger charge is -2.34. The van der Waals surface area contributed by atoms with Gasteiger partial charge >= 0.3 is 6.03 Å². The molecule has 4 aromatic rings. The van der Waals surface area contributed by atoms with E-state index < -0.39 is 5.82 Å². The number of aromatic nitrogens is 3. The fourth-order valence-corrected chi connectivity index (χ4v) is 4.47. The molecule has 180 valence electrons. The number of carbonyl (C=O) groups excluding carboxylic acids is 1. The highest BCUT2D eigenvalue weighted by molar-refractivity contribution is 6.31. The molecule has 5 rings (SSSR count). The molecule has 2 aromatic heterocycles. The van der Waals surface area contributed by atoms with Crippen molar-refractivity contribution in [1.29, 1.82) is 0 Å². The molecule has 0 aliphatic carbocycles. The third-order valence-corrected chi connectivity index (χ3v) is 6.57. The summed E-state index contributed by atoms with van der Waals surface area (Å²) in [7, 11) is 0. The number of anilines is 1. The van der Waals surface area contributed by atoms with Gasteiger partial charge in [0.1, 0.15) is 17.2 Å². The molecular weight excluding hydrogens is 467 g/mol. The zero-order chi connectivity index (χ0) is 24.4. The maximum absolute atomic E-state index is 13.4. The number of imidazole rings is 1. The average molecular weight is 493 g/mol. The molecule has 0 atom stereocenters. The summed E-state index contributed by atoms with van der Waals surface area (Å²) in [6.45, 7) is 6.38. The van der Waals surface area contributed by atoms with E-state index in [9.17, 15) is 9.18 Å². The average Bonchev–Trinajstić information content (AvgIpc) is 3.24. The Morgan fingerprint density at radius 1 is 1.06 bits per heavy atom. The minimum absolute atomic E-state index is 0.0147. The Labute approximate surface area is 208 Å². The first-order valence-electron chi connectivity index (χ1n) is 11.6. The van der Waals surface area contributed by atoms with Crippen LogP contribution in [0.5, 0.6) is 0 Å². The van der Waals surface area contributed by atoms with Crippen LogP contribution in [0.1, 0.15) is 5.56 Å². The van der Waals surface area contributed by atoms with Crippen molar-refractivity contribution in [2.24, 2.45) is 0 Å². The Morgan fingerprint density at radius 3 is 2.57 bits per heavy atom. The zero-order valence-electron chi connectivity index (χ0n) is 19.4. The Morgan fingerprint density at radius 2 is 1.83 bits per heavy atom. The minimum Gasteiger partial charge on any atom is -0.322 e. The van der Waals surface area contributed by atoms with Crippen molar-refractivity contribution < 1.29 is 9.18 Å². The van der Waals surface area contributed by atoms with Crippen LogP contribution in [0.4, 0.5) is 14.9 Å². The maximum atomic E-state index is 13.4. The van der Waals surface area contributed by atoms with Gasteiger partial charge in [-0.3, -0.25) is 4.90 Å². The van der Waals surface area contributed by atoms with Crippen molar-refractivity contribution in [3.63, 3.8) is 0 Å². The molecule has 2 aromatic carbocycles. The molecule has 0 bridgehead atoms. The molecule has 0 spiro atoms. The van der Waals surface area contributed by atoms with E-state index in [1.54, 1.807) is 11.1 Å². The van der Waals surface area contributed by atoms with E-state index >= 15 is 0 Å². The van der Waals surface area contributed by atoms with E-state index in [0.717, 1.165) is 48.7 Å². The SMILES string of the molecule is Cc1ccc(-c2nc3cccnc3n2CCN2CCN(C(=O)Nc3ccc(F)c(Cl)c3)CC2)cc1. The summed E-state index contributed by atoms with van der Waals surface area (Å²) in [6.07, 6.45) is 1.80. The molecule has 0 unspecified atom stereocenters. The third kappa shape index (κ3) is 5.13. The standard InChI is InChI=1S/C26H26ClFN6O/c1-18-4-6-19(7-5-18)24-31-23-3-2-10-29-25(23)34(24)16-13-32-11-14-33(15-12-32)26(35)30-20-8-9-22(28)21(27)17-20/h2-10,17H,11-16H2,1H3,(H,30,35). The van der Waals surface area contributed by atoms with E-state index in [2.05, 4.69) is 51.0 Å². The van der Waals surface area contributed by atoms with Crippen molar-refractivity contribution in [3.05, 3.63) is 77.2 Å². The molecule has 9 heteroatoms. The summed E-state index contributed by atoms with van der Waals surface area (Å²) in [6, 6.07) is 16.2. The first-order valence-corrected chi connectivity index (χ1v) is 12.0. The van der Waals surface area contributed by atoms with Gasteiger partial charge in [0.2, 0.25) is 0 Å². The number of piperazine rings is 1. The van der Waals surface area contributed by atoms with Gasteiger partial charge in [-0.25, -0.2) is 19.2 Å². The number of pyridine rings is 1. The molecule has 35 heavy (non-hydrogen) atoms. The van der Waals surface area contributed by atoms with Gasteiger partial charge in [-0.15, -0.1) is 0 Å². The Bertz CT molecular complexity index is 1350. The lowest BCUT2D eigenvalue weighted by atomic mass is 10.1. The molecule has 1 aliphatic rings. The van der Waals surface area contributed by atoms with Crippen LogP contribution in [-0.2, 0) is 6.54 Å². The Balaban J connectivity index is 1.22. The molecule has 7 nitrogen and oxygen atoms in total. The van der Waals surface area contributed by atoms with E-state index in [-0.39, 0.29) is 11.1 Å². The second-order valence-electron chi connectivity index (χ2n) is 8.69. The Hall–Kier alpha value is -3.49. The molecule has 0 saturated carbocycles. The first kappa shape index (κ1) is 23.3. The number of amides is 2. The molecule has 1 N–H and O–H groups in total. The highest BCUT2D eigenvalue weighted by Crippen LogP contribution is 2.24. The molecule has 3 heterocycles. The number of carbonyl (C=O) groups is 1. The Kier molecular flexibility index (Phi) is 6.66. The van der Waals surface area contributed by atoms with Gasteiger partial charge in [-0.1, -0.05) is 41.4 Å². The van der Waals surface area contributed by atoms with Crippen molar-refractivity contribution in [2.75, 3.05) is 38.0 Å². The van der Waals surface area contributed by atoms with E-state index in [4.69, 9.17) is 16.6 Å². The van der Waals surface area contributed by atoms with E-state index in [1.165, 1.54) is 23.8 Å². The largest absolute Gasteiger partial charge is 0.322 e. The second kappa shape index (κ2) is 10.0. The quantitative estimate of drug-likeness (QED) is 0.423. The highest BCUT2D eigenvalue weighted by atomic mass is 35.5. The zero-order valence-corrected chi connectivity index (χ0v) is 20.2. The van der Waals surface area contributed by atoms with Crippen molar-refractivity contribution in [3.8, 4) is 11.4 Å². The smallest absolute Gasteiger partial charge is 0.321 e. The third-order valence-electron chi connectivity index (χ3n) is 6.28. The topological polar surface area (TPSA) is 66.3 Å². The van der Waals surface area contributed by atoms with Crippen LogP contribution < -0.4 is 5.32 Å². The van der Waals surface area contributed by atoms with E-state index in [1.807, 2.05) is 12.1 Å². The second-order valence-corrected chi connectivity index (χ2v) is 9.09. The van der Waals surface area contributed by atoms with Crippen LogP contribution in [0.2, 0.25) is 5.02 Å². The van der Waals surface area contributed by atoms with Crippen LogP contribution in [0.3, 0.4) is 0 Å². The highest BCUT2D eigenvalue weighted by Gasteiger charge is 2.22. The summed E-state index contributed by atoms with van der Waals surface area (Å²) in [5.41, 5.74) is 4.51. The number of rotatable bonds is 5. The van der Waals surface area contributed by atoms with Gasteiger partial charge in [0, 0.05) is 56.7 Å². The van der Waals surface area contributed by atoms with Gasteiger partial charge in [0.15, 0.2) is 5.65 Å². The number of hydrogen-bond acceptors (Lipinski definition) is 4. The molecule has 1 fully saturated rings. The van der Waals surface area contributed by atoms with Gasteiger partial charge in [-0.2, -0.15) is 0 Å². The number of nitrogens with one attached hydrogen (secondary N) is 1. The fourth-order valence-electron chi connectivity index (χ4n) is 4.29. The number of urea groups is 1. The predicted molar refractivity (Wildman–Crippen MR) is 136 cm³/mol. The summed E-state index contributed by atoms with van der Waals surface area (Å²) in [5.74, 6) is 0.402. The van der Waals surface area contributed by atoms with Crippen molar-refractivity contribution >= 4 is 34.5 Å². The predicted octanol–water partition coefficient (Wildman–Crippen LogP) is 5.05. The number of fused-ring (bicyclic) bond motifs is 1. The minimum atomic E-state index is -0.510. The summed E-state index contributed by atoms with van der Waals surface area (Å²) < 4.78 is 15.5. The fraction of sp³-hybridized carbons (Fsp3) is 0.269. The van der Waals surface area contributed by atoms with Crippen LogP contribution in [0, 0.1) is 12.7 Å². The molecule has 0 radical (unpaired) electrons. The van der Waals surface area contributed by atoms with Gasteiger partial charge in [-0.05, 0) is 37.3 Å². The lowest BCUT2D eigenvalue weighted by molar-refractivity contribution is 0.145. The summed E-state index contributed by atoms with van der Waals surface area (Å²) in [4.78, 5) is 26.2. The van der Waals surface area contributed by atoms with Crippen LogP contribution in [0.15, 0.2) is 60.8 Å². The molecule has 1 saturated heterocycles. The molecular formula is C26H26ClFN6O. The van der Waals surface area contributed by atoms with Crippen molar-refractivity contribution in [2.45, 2.75) is 13.5 Å². The lowest BCUT2D eigenvalue weighted by Crippen LogP contribution is -2.50. The first-order chi connectivity index (χ1) is 17.0. The van der Waals surface area contributed by atoms with Crippen molar-refractivity contribution in [1.82, 2.24) is 24.3 Å². The number of nitrogens with zero attached hydrogens (tertiary/aromatic N) is 5. The van der Waals surface area contributed by atoms with E-state index in [0.29, 0.717) is 18.8 Å². The summed E-state index contributed by atoms with van der Waals surface area (Å²) in [5, 5.41) is 2.78. The van der Waals surface area contributed by atoms with Crippen LogP contribution in [0.25, 0.3) is 22.6 Å². The monoisotopic (exact) mass is 492 g/mol. The van der Waals surface area contributed by atoms with Crippen LogP contribution >= 0.6 is 11.6 Å². The van der Waals surface area contributed by atoms with Gasteiger partial charge in [0.25, 0.3) is 0 Å². The maximum Gasteiger partial charge on any atom is 0.321 e. The number of halogens is 2. The number of aryl methyl sites for hydroxylation is 1. The summed E-state index contributed by atoms with van der Waals surface area (Å²) >= 11 is 5.82. The molecule has 1 aliphatic heterocycles. The van der Waals surface area contributed by atoms with Crippen LogP contribution in [-0.4, -0.2) is 63.1 Å². The number of benzene rings is 2. The number of hydrogen-bond donors (Lipinski definition) is 1.